The third kappa shape index (κ3) is 1.72. The molecular formula is C19H26O3. The van der Waals surface area contributed by atoms with E-state index >= 15 is 0 Å². The maximum atomic E-state index is 12.4. The number of Topliss-reactive ketones (excluding diaryl/α,β-unsaturated/α-hetero) is 2. The van der Waals surface area contributed by atoms with Crippen molar-refractivity contribution in [1.29, 1.82) is 0 Å². The predicted octanol–water partition coefficient (Wildman–Crippen LogP) is 3.06. The number of allylic oxidation sites excluding steroid dienone is 2. The number of ketones is 2. The van der Waals surface area contributed by atoms with Gasteiger partial charge in [0.1, 0.15) is 11.6 Å². The highest BCUT2D eigenvalue weighted by Crippen LogP contribution is 2.63. The summed E-state index contributed by atoms with van der Waals surface area (Å²) in [5.74, 6) is 1.74. The molecule has 22 heavy (non-hydrogen) atoms. The van der Waals surface area contributed by atoms with Crippen LogP contribution in [0.5, 0.6) is 0 Å². The van der Waals surface area contributed by atoms with Crippen LogP contribution in [-0.4, -0.2) is 22.8 Å². The first kappa shape index (κ1) is 14.6. The van der Waals surface area contributed by atoms with E-state index in [4.69, 9.17) is 0 Å². The lowest BCUT2D eigenvalue weighted by atomic mass is 9.47. The summed E-state index contributed by atoms with van der Waals surface area (Å²) in [7, 11) is 0. The number of carbonyl (C=O) groups is 2. The first-order valence-electron chi connectivity index (χ1n) is 8.79. The van der Waals surface area contributed by atoms with E-state index in [-0.39, 0.29) is 16.7 Å². The standard InChI is InChI=1S/C19H26O3/c1-18-8-7-12(20)9-11(18)3-4-13-14-5-6-16(22)19(14,2)10-15(21)17(13)18/h3,13-15,17,21H,4-10H2,1-2H3/t13-,14-,15?,17-,18-,19-/m0/s1. The Balaban J connectivity index is 1.76. The van der Waals surface area contributed by atoms with Gasteiger partial charge in [0.15, 0.2) is 0 Å². The van der Waals surface area contributed by atoms with Crippen LogP contribution in [0.3, 0.4) is 0 Å². The SMILES string of the molecule is C[C@]12CCC(=O)CC1=CC[C@@H]1[C@H]2C(O)C[C@]2(C)C(=O)CC[C@@H]12. The Morgan fingerprint density at radius 2 is 1.95 bits per heavy atom. The van der Waals surface area contributed by atoms with Crippen LogP contribution in [0.1, 0.15) is 58.8 Å². The van der Waals surface area contributed by atoms with Gasteiger partial charge in [-0.1, -0.05) is 25.5 Å². The van der Waals surface area contributed by atoms with Crippen molar-refractivity contribution in [3.8, 4) is 0 Å². The third-order valence-electron chi connectivity index (χ3n) is 7.58. The lowest BCUT2D eigenvalue weighted by Crippen LogP contribution is -2.56. The summed E-state index contributed by atoms with van der Waals surface area (Å²) in [6.45, 7) is 4.34. The van der Waals surface area contributed by atoms with Crippen molar-refractivity contribution in [2.75, 3.05) is 0 Å². The number of hydrogen-bond donors (Lipinski definition) is 1. The zero-order valence-corrected chi connectivity index (χ0v) is 13.6. The van der Waals surface area contributed by atoms with Gasteiger partial charge in [-0.15, -0.1) is 0 Å². The maximum Gasteiger partial charge on any atom is 0.139 e. The van der Waals surface area contributed by atoms with Gasteiger partial charge in [0.2, 0.25) is 0 Å². The topological polar surface area (TPSA) is 54.4 Å². The Morgan fingerprint density at radius 3 is 2.73 bits per heavy atom. The van der Waals surface area contributed by atoms with Crippen LogP contribution in [0, 0.1) is 28.6 Å². The van der Waals surface area contributed by atoms with E-state index in [9.17, 15) is 14.7 Å². The van der Waals surface area contributed by atoms with Gasteiger partial charge in [-0.25, -0.2) is 0 Å². The minimum absolute atomic E-state index is 0.0385. The van der Waals surface area contributed by atoms with Gasteiger partial charge in [0.25, 0.3) is 0 Å². The molecule has 0 aromatic carbocycles. The number of aliphatic hydroxyl groups is 1. The quantitative estimate of drug-likeness (QED) is 0.700. The molecular weight excluding hydrogens is 276 g/mol. The number of fused-ring (bicyclic) bond motifs is 5. The summed E-state index contributed by atoms with van der Waals surface area (Å²) < 4.78 is 0. The zero-order valence-electron chi connectivity index (χ0n) is 13.6. The van der Waals surface area contributed by atoms with Crippen LogP contribution in [0.2, 0.25) is 0 Å². The Kier molecular flexibility index (Phi) is 3.01. The molecule has 0 radical (unpaired) electrons. The molecule has 0 aliphatic heterocycles. The van der Waals surface area contributed by atoms with E-state index in [0.29, 0.717) is 49.1 Å². The van der Waals surface area contributed by atoms with Gasteiger partial charge in [-0.3, -0.25) is 9.59 Å². The Morgan fingerprint density at radius 1 is 1.18 bits per heavy atom. The average molecular weight is 302 g/mol. The Labute approximate surface area is 132 Å². The summed E-state index contributed by atoms with van der Waals surface area (Å²) in [6.07, 6.45) is 7.19. The van der Waals surface area contributed by atoms with Gasteiger partial charge < -0.3 is 5.11 Å². The van der Waals surface area contributed by atoms with Crippen molar-refractivity contribution in [2.24, 2.45) is 28.6 Å². The summed E-state index contributed by atoms with van der Waals surface area (Å²) in [5, 5.41) is 10.9. The number of carbonyl (C=O) groups excluding carboxylic acids is 2. The van der Waals surface area contributed by atoms with Crippen molar-refractivity contribution < 1.29 is 14.7 Å². The van der Waals surface area contributed by atoms with Crippen LogP contribution >= 0.6 is 0 Å². The summed E-state index contributed by atoms with van der Waals surface area (Å²) in [4.78, 5) is 24.2. The summed E-state index contributed by atoms with van der Waals surface area (Å²) >= 11 is 0. The van der Waals surface area contributed by atoms with Gasteiger partial charge in [-0.05, 0) is 48.9 Å². The maximum absolute atomic E-state index is 12.4. The molecule has 3 fully saturated rings. The van der Waals surface area contributed by atoms with Crippen LogP contribution in [0.15, 0.2) is 11.6 Å². The fraction of sp³-hybridized carbons (Fsp3) is 0.789. The van der Waals surface area contributed by atoms with E-state index in [1.807, 2.05) is 0 Å². The van der Waals surface area contributed by atoms with E-state index < -0.39 is 6.10 Å². The molecule has 0 aromatic rings. The molecule has 3 saturated carbocycles. The molecule has 0 amide bonds. The van der Waals surface area contributed by atoms with E-state index in [1.165, 1.54) is 5.57 Å². The molecule has 3 nitrogen and oxygen atoms in total. The highest BCUT2D eigenvalue weighted by Gasteiger charge is 2.61. The second kappa shape index (κ2) is 4.53. The largest absolute Gasteiger partial charge is 0.393 e. The Bertz CT molecular complexity index is 577. The van der Waals surface area contributed by atoms with Gasteiger partial charge in [0, 0.05) is 24.7 Å². The molecule has 0 aromatic heterocycles. The van der Waals surface area contributed by atoms with Crippen molar-refractivity contribution in [2.45, 2.75) is 64.9 Å². The van der Waals surface area contributed by atoms with Gasteiger partial charge in [0.05, 0.1) is 6.10 Å². The third-order valence-corrected chi connectivity index (χ3v) is 7.58. The molecule has 0 saturated heterocycles. The van der Waals surface area contributed by atoms with Crippen molar-refractivity contribution in [3.05, 3.63) is 11.6 Å². The fourth-order valence-corrected chi connectivity index (χ4v) is 6.38. The molecule has 3 heteroatoms. The first-order valence-corrected chi connectivity index (χ1v) is 8.79. The van der Waals surface area contributed by atoms with Crippen molar-refractivity contribution in [1.82, 2.24) is 0 Å². The van der Waals surface area contributed by atoms with E-state index in [2.05, 4.69) is 19.9 Å². The molecule has 4 rings (SSSR count). The molecule has 1 unspecified atom stereocenters. The monoisotopic (exact) mass is 302 g/mol. The van der Waals surface area contributed by atoms with E-state index in [1.54, 1.807) is 0 Å². The lowest BCUT2D eigenvalue weighted by molar-refractivity contribution is -0.145. The summed E-state index contributed by atoms with van der Waals surface area (Å²) in [6, 6.07) is 0. The first-order chi connectivity index (χ1) is 10.4. The van der Waals surface area contributed by atoms with Crippen LogP contribution in [0.4, 0.5) is 0 Å². The summed E-state index contributed by atoms with van der Waals surface area (Å²) in [5.41, 5.74) is 0.910. The number of hydrogen-bond acceptors (Lipinski definition) is 3. The average Bonchev–Trinajstić information content (AvgIpc) is 2.75. The molecule has 120 valence electrons. The van der Waals surface area contributed by atoms with Crippen LogP contribution < -0.4 is 0 Å². The molecule has 6 atom stereocenters. The van der Waals surface area contributed by atoms with Gasteiger partial charge >= 0.3 is 0 Å². The molecule has 4 aliphatic carbocycles. The van der Waals surface area contributed by atoms with Gasteiger partial charge in [-0.2, -0.15) is 0 Å². The minimum atomic E-state index is -0.407. The number of rotatable bonds is 0. The normalized spacial score (nSPS) is 51.0. The molecule has 0 heterocycles. The fourth-order valence-electron chi connectivity index (χ4n) is 6.38. The van der Waals surface area contributed by atoms with Crippen molar-refractivity contribution in [3.63, 3.8) is 0 Å². The predicted molar refractivity (Wildman–Crippen MR) is 83.1 cm³/mol. The number of aliphatic hydroxyl groups excluding tert-OH is 1. The Hall–Kier alpha value is -0.960. The zero-order chi connectivity index (χ0) is 15.7. The van der Waals surface area contributed by atoms with Crippen LogP contribution in [0.25, 0.3) is 0 Å². The highest BCUT2D eigenvalue weighted by atomic mass is 16.3. The minimum Gasteiger partial charge on any atom is -0.393 e. The molecule has 0 spiro atoms. The highest BCUT2D eigenvalue weighted by molar-refractivity contribution is 5.87. The smallest absolute Gasteiger partial charge is 0.139 e. The molecule has 1 N–H and O–H groups in total. The van der Waals surface area contributed by atoms with E-state index in [0.717, 1.165) is 19.3 Å². The van der Waals surface area contributed by atoms with Crippen molar-refractivity contribution >= 4 is 11.6 Å². The lowest BCUT2D eigenvalue weighted by Gasteiger charge is -2.57. The van der Waals surface area contributed by atoms with Crippen LogP contribution in [-0.2, 0) is 9.59 Å². The second-order valence-corrected chi connectivity index (χ2v) is 8.54. The molecule has 0 bridgehead atoms. The molecule has 4 aliphatic rings. The second-order valence-electron chi connectivity index (χ2n) is 8.54.